The Balaban J connectivity index is 3.40. The van der Waals surface area contributed by atoms with Crippen molar-refractivity contribution in [2.45, 2.75) is 19.3 Å². The van der Waals surface area contributed by atoms with Crippen LogP contribution in [-0.2, 0) is 23.9 Å². The molecule has 0 aromatic heterocycles. The predicted octanol–water partition coefficient (Wildman–Crippen LogP) is 1.19. The van der Waals surface area contributed by atoms with Crippen LogP contribution >= 0.6 is 11.6 Å². The van der Waals surface area contributed by atoms with E-state index >= 15 is 0 Å². The standard InChI is InChI=1S/C10H13ClO5/c1-2-9(13)15-6-7-16-10(14)5-3-4-8(11)12/h2H,1,3-7H2. The maximum Gasteiger partial charge on any atom is 0.330 e. The zero-order valence-corrected chi connectivity index (χ0v) is 9.50. The lowest BCUT2D eigenvalue weighted by atomic mass is 10.2. The maximum absolute atomic E-state index is 11.0. The highest BCUT2D eigenvalue weighted by molar-refractivity contribution is 6.63. The molecular weight excluding hydrogens is 236 g/mol. The van der Waals surface area contributed by atoms with E-state index in [4.69, 9.17) is 16.3 Å². The van der Waals surface area contributed by atoms with E-state index < -0.39 is 17.2 Å². The topological polar surface area (TPSA) is 69.7 Å². The Kier molecular flexibility index (Phi) is 8.15. The fourth-order valence-electron chi connectivity index (χ4n) is 0.801. The van der Waals surface area contributed by atoms with Gasteiger partial charge < -0.3 is 9.47 Å². The third kappa shape index (κ3) is 9.21. The Morgan fingerprint density at radius 3 is 2.31 bits per heavy atom. The van der Waals surface area contributed by atoms with Gasteiger partial charge in [-0.25, -0.2) is 4.79 Å². The van der Waals surface area contributed by atoms with E-state index in [1.165, 1.54) is 0 Å². The van der Waals surface area contributed by atoms with Gasteiger partial charge in [0.2, 0.25) is 5.24 Å². The van der Waals surface area contributed by atoms with Crippen molar-refractivity contribution in [1.29, 1.82) is 0 Å². The predicted molar refractivity (Wildman–Crippen MR) is 56.8 cm³/mol. The number of halogens is 1. The lowest BCUT2D eigenvalue weighted by Gasteiger charge is -2.04. The van der Waals surface area contributed by atoms with Crippen molar-refractivity contribution >= 4 is 28.8 Å². The molecular formula is C10H13ClO5. The molecule has 0 spiro atoms. The fourth-order valence-corrected chi connectivity index (χ4v) is 0.934. The first-order chi connectivity index (χ1) is 7.56. The third-order valence-corrected chi connectivity index (χ3v) is 1.70. The molecule has 0 aliphatic carbocycles. The molecule has 5 nitrogen and oxygen atoms in total. The van der Waals surface area contributed by atoms with Crippen LogP contribution in [-0.4, -0.2) is 30.4 Å². The summed E-state index contributed by atoms with van der Waals surface area (Å²) in [7, 11) is 0. The largest absolute Gasteiger partial charge is 0.462 e. The van der Waals surface area contributed by atoms with E-state index in [0.717, 1.165) is 6.08 Å². The summed E-state index contributed by atoms with van der Waals surface area (Å²) in [6.45, 7) is 3.19. The van der Waals surface area contributed by atoms with Crippen molar-refractivity contribution in [3.05, 3.63) is 12.7 Å². The van der Waals surface area contributed by atoms with Crippen molar-refractivity contribution in [3.63, 3.8) is 0 Å². The maximum atomic E-state index is 11.0. The van der Waals surface area contributed by atoms with Gasteiger partial charge in [0.15, 0.2) is 0 Å². The summed E-state index contributed by atoms with van der Waals surface area (Å²) in [6.07, 6.45) is 1.64. The van der Waals surface area contributed by atoms with Crippen LogP contribution in [0.15, 0.2) is 12.7 Å². The zero-order chi connectivity index (χ0) is 12.4. The molecule has 90 valence electrons. The highest BCUT2D eigenvalue weighted by atomic mass is 35.5. The molecule has 6 heteroatoms. The van der Waals surface area contributed by atoms with E-state index in [2.05, 4.69) is 11.3 Å². The van der Waals surface area contributed by atoms with Gasteiger partial charge in [0.1, 0.15) is 13.2 Å². The molecule has 0 fully saturated rings. The molecule has 0 N–H and O–H groups in total. The number of carbonyl (C=O) groups excluding carboxylic acids is 3. The second-order valence-corrected chi connectivity index (χ2v) is 3.22. The number of hydrogen-bond donors (Lipinski definition) is 0. The molecule has 0 aliphatic rings. The van der Waals surface area contributed by atoms with Gasteiger partial charge in [-0.1, -0.05) is 6.58 Å². The molecule has 0 bridgehead atoms. The van der Waals surface area contributed by atoms with Gasteiger partial charge in [-0.3, -0.25) is 9.59 Å². The lowest BCUT2D eigenvalue weighted by Crippen LogP contribution is -2.12. The van der Waals surface area contributed by atoms with E-state index in [-0.39, 0.29) is 26.1 Å². The number of hydrogen-bond acceptors (Lipinski definition) is 5. The van der Waals surface area contributed by atoms with Crippen LogP contribution < -0.4 is 0 Å². The molecule has 0 aromatic rings. The second kappa shape index (κ2) is 8.91. The van der Waals surface area contributed by atoms with Crippen LogP contribution in [0.4, 0.5) is 0 Å². The first-order valence-corrected chi connectivity index (χ1v) is 5.07. The molecule has 0 atom stereocenters. The van der Waals surface area contributed by atoms with Crippen LogP contribution in [0.2, 0.25) is 0 Å². The van der Waals surface area contributed by atoms with Crippen molar-refractivity contribution in [2.24, 2.45) is 0 Å². The SMILES string of the molecule is C=CC(=O)OCCOC(=O)CCCC(=O)Cl. The zero-order valence-electron chi connectivity index (χ0n) is 8.74. The average molecular weight is 249 g/mol. The number of ether oxygens (including phenoxy) is 2. The Morgan fingerprint density at radius 2 is 1.75 bits per heavy atom. The van der Waals surface area contributed by atoms with Gasteiger partial charge >= 0.3 is 11.9 Å². The van der Waals surface area contributed by atoms with Gasteiger partial charge in [-0.2, -0.15) is 0 Å². The molecule has 0 saturated carbocycles. The van der Waals surface area contributed by atoms with Gasteiger partial charge in [-0.15, -0.1) is 0 Å². The van der Waals surface area contributed by atoms with E-state index in [0.29, 0.717) is 6.42 Å². The van der Waals surface area contributed by atoms with Gasteiger partial charge in [0, 0.05) is 18.9 Å². The normalized spacial score (nSPS) is 9.31. The molecule has 0 unspecified atom stereocenters. The molecule has 0 heterocycles. The van der Waals surface area contributed by atoms with Crippen molar-refractivity contribution < 1.29 is 23.9 Å². The highest BCUT2D eigenvalue weighted by Crippen LogP contribution is 2.00. The van der Waals surface area contributed by atoms with Gasteiger partial charge in [0.05, 0.1) is 0 Å². The van der Waals surface area contributed by atoms with Gasteiger partial charge in [0.25, 0.3) is 0 Å². The van der Waals surface area contributed by atoms with Crippen LogP contribution in [0.25, 0.3) is 0 Å². The van der Waals surface area contributed by atoms with E-state index in [1.807, 2.05) is 0 Å². The summed E-state index contributed by atoms with van der Waals surface area (Å²) in [5, 5.41) is -0.479. The summed E-state index contributed by atoms with van der Waals surface area (Å²) < 4.78 is 9.29. The first kappa shape index (κ1) is 14.6. The van der Waals surface area contributed by atoms with Gasteiger partial charge in [-0.05, 0) is 18.0 Å². The molecule has 0 amide bonds. The molecule has 16 heavy (non-hydrogen) atoms. The van der Waals surface area contributed by atoms with Crippen molar-refractivity contribution in [3.8, 4) is 0 Å². The fraction of sp³-hybridized carbons (Fsp3) is 0.500. The lowest BCUT2D eigenvalue weighted by molar-refractivity contribution is -0.149. The molecule has 0 saturated heterocycles. The quantitative estimate of drug-likeness (QED) is 0.279. The van der Waals surface area contributed by atoms with Crippen LogP contribution in [0.3, 0.4) is 0 Å². The highest BCUT2D eigenvalue weighted by Gasteiger charge is 2.05. The van der Waals surface area contributed by atoms with E-state index in [1.54, 1.807) is 0 Å². The molecule has 0 aliphatic heterocycles. The van der Waals surface area contributed by atoms with E-state index in [9.17, 15) is 14.4 Å². The Bertz CT molecular complexity index is 274. The monoisotopic (exact) mass is 248 g/mol. The van der Waals surface area contributed by atoms with Crippen molar-refractivity contribution in [2.75, 3.05) is 13.2 Å². The summed E-state index contributed by atoms with van der Waals surface area (Å²) in [5.41, 5.74) is 0. The molecule has 0 rings (SSSR count). The number of carbonyl (C=O) groups is 3. The Morgan fingerprint density at radius 1 is 1.12 bits per heavy atom. The van der Waals surface area contributed by atoms with Crippen LogP contribution in [0, 0.1) is 0 Å². The first-order valence-electron chi connectivity index (χ1n) is 4.69. The average Bonchev–Trinajstić information content (AvgIpc) is 2.23. The number of rotatable bonds is 8. The second-order valence-electron chi connectivity index (χ2n) is 2.80. The van der Waals surface area contributed by atoms with Crippen molar-refractivity contribution in [1.82, 2.24) is 0 Å². The minimum atomic E-state index is -0.566. The minimum Gasteiger partial charge on any atom is -0.462 e. The smallest absolute Gasteiger partial charge is 0.330 e. The summed E-state index contributed by atoms with van der Waals surface area (Å²) in [6, 6.07) is 0. The number of esters is 2. The summed E-state index contributed by atoms with van der Waals surface area (Å²) in [5.74, 6) is -1.02. The Hall–Kier alpha value is -1.36. The summed E-state index contributed by atoms with van der Waals surface area (Å²) >= 11 is 5.08. The third-order valence-electron chi connectivity index (χ3n) is 1.51. The Labute approximate surface area is 98.3 Å². The summed E-state index contributed by atoms with van der Waals surface area (Å²) in [4.78, 5) is 31.9. The van der Waals surface area contributed by atoms with Crippen LogP contribution in [0.5, 0.6) is 0 Å². The molecule has 0 aromatic carbocycles. The molecule has 0 radical (unpaired) electrons. The minimum absolute atomic E-state index is 0.00671. The van der Waals surface area contributed by atoms with Crippen LogP contribution in [0.1, 0.15) is 19.3 Å².